The van der Waals surface area contributed by atoms with Gasteiger partial charge >= 0.3 is 0 Å². The molecule has 110 valence electrons. The number of hydrogen-bond acceptors (Lipinski definition) is 3. The van der Waals surface area contributed by atoms with Gasteiger partial charge in [0.1, 0.15) is 0 Å². The van der Waals surface area contributed by atoms with E-state index in [-0.39, 0.29) is 6.04 Å². The Morgan fingerprint density at radius 3 is 2.58 bits per heavy atom. The molecule has 1 unspecified atom stereocenters. The van der Waals surface area contributed by atoms with Gasteiger partial charge in [0.2, 0.25) is 0 Å². The second-order valence-corrected chi connectivity index (χ2v) is 7.32. The van der Waals surface area contributed by atoms with Crippen molar-refractivity contribution in [1.82, 2.24) is 15.1 Å². The fraction of sp³-hybridized carbons (Fsp3) is 0.786. The second kappa shape index (κ2) is 8.18. The summed E-state index contributed by atoms with van der Waals surface area (Å²) < 4.78 is 2.04. The van der Waals surface area contributed by atoms with Gasteiger partial charge in [0, 0.05) is 11.8 Å². The fourth-order valence-electron chi connectivity index (χ4n) is 1.93. The van der Waals surface area contributed by atoms with Crippen LogP contribution in [-0.2, 0) is 0 Å². The van der Waals surface area contributed by atoms with Gasteiger partial charge in [-0.05, 0) is 32.1 Å². The lowest BCUT2D eigenvalue weighted by molar-refractivity contribution is 0.463. The summed E-state index contributed by atoms with van der Waals surface area (Å²) in [6, 6.07) is 0.599. The quantitative estimate of drug-likeness (QED) is 0.776. The molecule has 0 aliphatic rings. The molecular weight excluding hydrogens is 278 g/mol. The maximum absolute atomic E-state index is 6.35. The molecule has 0 bridgehead atoms. The minimum Gasteiger partial charge on any atom is -0.308 e. The van der Waals surface area contributed by atoms with E-state index in [9.17, 15) is 0 Å². The molecule has 0 aliphatic carbocycles. The Bertz CT molecular complexity index is 377. The molecule has 0 saturated carbocycles. The molecule has 0 fully saturated rings. The summed E-state index contributed by atoms with van der Waals surface area (Å²) in [6.45, 7) is 11.9. The first-order chi connectivity index (χ1) is 8.97. The van der Waals surface area contributed by atoms with Crippen molar-refractivity contribution in [2.75, 3.05) is 12.3 Å². The number of hydrogen-bond donors (Lipinski definition) is 1. The number of nitrogens with one attached hydrogen (secondary N) is 1. The topological polar surface area (TPSA) is 29.9 Å². The molecule has 1 aromatic heterocycles. The van der Waals surface area contributed by atoms with Crippen LogP contribution in [0.25, 0.3) is 0 Å². The molecule has 5 heteroatoms. The summed E-state index contributed by atoms with van der Waals surface area (Å²) in [4.78, 5) is 0. The SMILES string of the molecule is CCCNC(CSC(C)C)c1c(Cl)cnn1C(C)C. The van der Waals surface area contributed by atoms with Crippen LogP contribution in [0.5, 0.6) is 0 Å². The molecule has 1 N–H and O–H groups in total. The normalized spacial score (nSPS) is 13.5. The third kappa shape index (κ3) is 5.01. The van der Waals surface area contributed by atoms with Gasteiger partial charge < -0.3 is 5.32 Å². The van der Waals surface area contributed by atoms with Gasteiger partial charge in [-0.25, -0.2) is 0 Å². The monoisotopic (exact) mass is 303 g/mol. The highest BCUT2D eigenvalue weighted by Crippen LogP contribution is 2.29. The van der Waals surface area contributed by atoms with Crippen molar-refractivity contribution in [3.05, 3.63) is 16.9 Å². The van der Waals surface area contributed by atoms with Crippen LogP contribution in [0.2, 0.25) is 5.02 Å². The fourth-order valence-corrected chi connectivity index (χ4v) is 3.05. The predicted octanol–water partition coefficient (Wildman–Crippen LogP) is 4.30. The first-order valence-electron chi connectivity index (χ1n) is 7.05. The molecule has 1 rings (SSSR count). The second-order valence-electron chi connectivity index (χ2n) is 5.30. The van der Waals surface area contributed by atoms with Gasteiger partial charge in [0.25, 0.3) is 0 Å². The molecule has 0 radical (unpaired) electrons. The van der Waals surface area contributed by atoms with Crippen molar-refractivity contribution in [2.24, 2.45) is 0 Å². The van der Waals surface area contributed by atoms with Gasteiger partial charge in [-0.3, -0.25) is 4.68 Å². The Morgan fingerprint density at radius 1 is 1.37 bits per heavy atom. The summed E-state index contributed by atoms with van der Waals surface area (Å²) >= 11 is 8.30. The molecule has 19 heavy (non-hydrogen) atoms. The van der Waals surface area contributed by atoms with Crippen LogP contribution in [-0.4, -0.2) is 27.3 Å². The maximum atomic E-state index is 6.35. The van der Waals surface area contributed by atoms with Gasteiger partial charge in [-0.15, -0.1) is 0 Å². The van der Waals surface area contributed by atoms with Crippen molar-refractivity contribution in [2.45, 2.75) is 58.4 Å². The molecule has 0 aliphatic heterocycles. The lowest BCUT2D eigenvalue weighted by Gasteiger charge is -2.22. The highest BCUT2D eigenvalue weighted by Gasteiger charge is 2.21. The number of aromatic nitrogens is 2. The van der Waals surface area contributed by atoms with Crippen molar-refractivity contribution in [3.63, 3.8) is 0 Å². The molecule has 1 heterocycles. The van der Waals surface area contributed by atoms with Crippen LogP contribution >= 0.6 is 23.4 Å². The summed E-state index contributed by atoms with van der Waals surface area (Å²) in [6.07, 6.45) is 2.88. The van der Waals surface area contributed by atoms with E-state index in [4.69, 9.17) is 11.6 Å². The standard InChI is InChI=1S/C14H26ClN3S/c1-6-7-16-13(9-19-11(4)5)14-12(15)8-17-18(14)10(2)3/h8,10-11,13,16H,6-7,9H2,1-5H3. The molecule has 0 aromatic carbocycles. The number of rotatable bonds is 8. The van der Waals surface area contributed by atoms with E-state index in [1.54, 1.807) is 6.20 Å². The Hall–Kier alpha value is -0.190. The van der Waals surface area contributed by atoms with E-state index >= 15 is 0 Å². The molecule has 3 nitrogen and oxygen atoms in total. The first-order valence-corrected chi connectivity index (χ1v) is 8.47. The van der Waals surface area contributed by atoms with Gasteiger partial charge in [0.15, 0.2) is 0 Å². The van der Waals surface area contributed by atoms with Crippen LogP contribution in [0, 0.1) is 0 Å². The van der Waals surface area contributed by atoms with Crippen LogP contribution in [0.4, 0.5) is 0 Å². The smallest absolute Gasteiger partial charge is 0.0834 e. The Labute approximate surface area is 126 Å². The lowest BCUT2D eigenvalue weighted by atomic mass is 10.2. The lowest BCUT2D eigenvalue weighted by Crippen LogP contribution is -2.28. The van der Waals surface area contributed by atoms with E-state index in [0.717, 1.165) is 29.4 Å². The third-order valence-corrected chi connectivity index (χ3v) is 4.33. The minimum absolute atomic E-state index is 0.268. The zero-order valence-corrected chi connectivity index (χ0v) is 14.2. The van der Waals surface area contributed by atoms with Crippen molar-refractivity contribution in [1.29, 1.82) is 0 Å². The predicted molar refractivity (Wildman–Crippen MR) is 86.3 cm³/mol. The van der Waals surface area contributed by atoms with E-state index in [1.165, 1.54) is 0 Å². The van der Waals surface area contributed by atoms with Crippen LogP contribution in [0.1, 0.15) is 58.8 Å². The van der Waals surface area contributed by atoms with E-state index in [2.05, 4.69) is 45.0 Å². The molecule has 0 saturated heterocycles. The zero-order chi connectivity index (χ0) is 14.4. The molecular formula is C14H26ClN3S. The minimum atomic E-state index is 0.268. The first kappa shape index (κ1) is 16.9. The van der Waals surface area contributed by atoms with Crippen LogP contribution in [0.3, 0.4) is 0 Å². The molecule has 1 atom stereocenters. The average Bonchev–Trinajstić information content (AvgIpc) is 2.71. The molecule has 0 spiro atoms. The highest BCUT2D eigenvalue weighted by molar-refractivity contribution is 7.99. The van der Waals surface area contributed by atoms with E-state index < -0.39 is 0 Å². The Kier molecular flexibility index (Phi) is 7.26. The number of nitrogens with zero attached hydrogens (tertiary/aromatic N) is 2. The summed E-state index contributed by atoms with van der Waals surface area (Å²) in [5, 5.41) is 9.40. The van der Waals surface area contributed by atoms with Gasteiger partial charge in [0.05, 0.1) is 23.0 Å². The van der Waals surface area contributed by atoms with Crippen LogP contribution < -0.4 is 5.32 Å². The van der Waals surface area contributed by atoms with Crippen molar-refractivity contribution < 1.29 is 0 Å². The Morgan fingerprint density at radius 2 is 2.05 bits per heavy atom. The van der Waals surface area contributed by atoms with Gasteiger partial charge in [-0.2, -0.15) is 16.9 Å². The number of halogens is 1. The molecule has 1 aromatic rings. The summed E-state index contributed by atoms with van der Waals surface area (Å²) in [7, 11) is 0. The van der Waals surface area contributed by atoms with Crippen molar-refractivity contribution >= 4 is 23.4 Å². The summed E-state index contributed by atoms with van der Waals surface area (Å²) in [5.74, 6) is 1.02. The maximum Gasteiger partial charge on any atom is 0.0834 e. The third-order valence-electron chi connectivity index (χ3n) is 2.84. The Balaban J connectivity index is 2.91. The van der Waals surface area contributed by atoms with Gasteiger partial charge in [-0.1, -0.05) is 32.4 Å². The zero-order valence-electron chi connectivity index (χ0n) is 12.6. The highest BCUT2D eigenvalue weighted by atomic mass is 35.5. The largest absolute Gasteiger partial charge is 0.308 e. The van der Waals surface area contributed by atoms with Crippen LogP contribution in [0.15, 0.2) is 6.20 Å². The van der Waals surface area contributed by atoms with E-state index in [0.29, 0.717) is 11.3 Å². The number of thioether (sulfide) groups is 1. The van der Waals surface area contributed by atoms with E-state index in [1.807, 2.05) is 16.4 Å². The van der Waals surface area contributed by atoms with Crippen molar-refractivity contribution in [3.8, 4) is 0 Å². The molecule has 0 amide bonds. The average molecular weight is 304 g/mol. The summed E-state index contributed by atoms with van der Waals surface area (Å²) in [5.41, 5.74) is 1.12.